The third kappa shape index (κ3) is 4.08. The summed E-state index contributed by atoms with van der Waals surface area (Å²) in [5, 5.41) is 2.81. The molecule has 1 N–H and O–H groups in total. The van der Waals surface area contributed by atoms with Crippen LogP contribution in [0.4, 0.5) is 0 Å². The molecule has 0 bridgehead atoms. The minimum Gasteiger partial charge on any atom is -0.359 e. The first-order valence-electron chi connectivity index (χ1n) is 5.66. The SMILES string of the molecule is CNC(=O)C(C)CN(C)C(=O)c1ccc(Cl)nc1Cl. The van der Waals surface area contributed by atoms with E-state index in [-0.39, 0.29) is 40.1 Å². The van der Waals surface area contributed by atoms with Gasteiger partial charge < -0.3 is 10.2 Å². The molecule has 0 radical (unpaired) electrons. The molecule has 0 aliphatic heterocycles. The van der Waals surface area contributed by atoms with E-state index in [9.17, 15) is 9.59 Å². The lowest BCUT2D eigenvalue weighted by atomic mass is 10.1. The van der Waals surface area contributed by atoms with E-state index >= 15 is 0 Å². The van der Waals surface area contributed by atoms with Gasteiger partial charge in [-0.1, -0.05) is 30.1 Å². The van der Waals surface area contributed by atoms with E-state index in [1.54, 1.807) is 21.0 Å². The van der Waals surface area contributed by atoms with E-state index in [2.05, 4.69) is 10.3 Å². The van der Waals surface area contributed by atoms with Gasteiger partial charge in [-0.2, -0.15) is 0 Å². The molecule has 1 atom stereocenters. The number of rotatable bonds is 4. The van der Waals surface area contributed by atoms with Crippen molar-refractivity contribution in [3.63, 3.8) is 0 Å². The molecule has 1 unspecified atom stereocenters. The number of nitrogens with zero attached hydrogens (tertiary/aromatic N) is 2. The van der Waals surface area contributed by atoms with Crippen LogP contribution < -0.4 is 5.32 Å². The zero-order chi connectivity index (χ0) is 14.6. The fraction of sp³-hybridized carbons (Fsp3) is 0.417. The Balaban J connectivity index is 2.79. The minimum atomic E-state index is -0.307. The highest BCUT2D eigenvalue weighted by Gasteiger charge is 2.20. The first kappa shape index (κ1) is 15.7. The molecule has 1 heterocycles. The molecule has 5 nitrogen and oxygen atoms in total. The van der Waals surface area contributed by atoms with Crippen LogP contribution in [-0.4, -0.2) is 42.3 Å². The zero-order valence-corrected chi connectivity index (χ0v) is 12.4. The van der Waals surface area contributed by atoms with Crippen LogP contribution in [0.15, 0.2) is 12.1 Å². The van der Waals surface area contributed by atoms with Crippen molar-refractivity contribution in [1.29, 1.82) is 0 Å². The highest BCUT2D eigenvalue weighted by atomic mass is 35.5. The summed E-state index contributed by atoms with van der Waals surface area (Å²) in [5.41, 5.74) is 0.262. The molecule has 104 valence electrons. The van der Waals surface area contributed by atoms with Gasteiger partial charge in [0.1, 0.15) is 10.3 Å². The minimum absolute atomic E-state index is 0.0527. The van der Waals surface area contributed by atoms with Crippen LogP contribution in [0.25, 0.3) is 0 Å². The van der Waals surface area contributed by atoms with Crippen molar-refractivity contribution in [2.24, 2.45) is 5.92 Å². The second kappa shape index (κ2) is 6.73. The van der Waals surface area contributed by atoms with E-state index in [0.29, 0.717) is 0 Å². The van der Waals surface area contributed by atoms with Gasteiger partial charge in [0.05, 0.1) is 11.5 Å². The van der Waals surface area contributed by atoms with Crippen molar-refractivity contribution >= 4 is 35.0 Å². The average molecular weight is 304 g/mol. The fourth-order valence-corrected chi connectivity index (χ4v) is 2.03. The Kier molecular flexibility index (Phi) is 5.57. The van der Waals surface area contributed by atoms with Crippen LogP contribution in [0.2, 0.25) is 10.3 Å². The van der Waals surface area contributed by atoms with Crippen LogP contribution in [0, 0.1) is 5.92 Å². The number of halogens is 2. The molecule has 2 amide bonds. The molecule has 19 heavy (non-hydrogen) atoms. The van der Waals surface area contributed by atoms with Crippen LogP contribution in [-0.2, 0) is 4.79 Å². The van der Waals surface area contributed by atoms with Crippen LogP contribution in [0.1, 0.15) is 17.3 Å². The monoisotopic (exact) mass is 303 g/mol. The molecule has 0 fully saturated rings. The molecule has 0 saturated carbocycles. The smallest absolute Gasteiger partial charge is 0.256 e. The van der Waals surface area contributed by atoms with E-state index in [0.717, 1.165) is 0 Å². The largest absolute Gasteiger partial charge is 0.359 e. The van der Waals surface area contributed by atoms with E-state index in [1.807, 2.05) is 0 Å². The number of carbonyl (C=O) groups is 2. The van der Waals surface area contributed by atoms with Gasteiger partial charge in [-0.3, -0.25) is 9.59 Å². The second-order valence-corrected chi connectivity index (χ2v) is 4.92. The van der Waals surface area contributed by atoms with Crippen molar-refractivity contribution in [2.75, 3.05) is 20.6 Å². The maximum absolute atomic E-state index is 12.1. The first-order chi connectivity index (χ1) is 8.86. The topological polar surface area (TPSA) is 62.3 Å². The number of carbonyl (C=O) groups excluding carboxylic acids is 2. The lowest BCUT2D eigenvalue weighted by molar-refractivity contribution is -0.124. The molecule has 0 aliphatic rings. The van der Waals surface area contributed by atoms with E-state index in [1.165, 1.54) is 17.0 Å². The standard InChI is InChI=1S/C12H15Cl2N3O2/c1-7(11(18)15-2)6-17(3)12(19)8-4-5-9(13)16-10(8)14/h4-5,7H,6H2,1-3H3,(H,15,18). The quantitative estimate of drug-likeness (QED) is 0.863. The summed E-state index contributed by atoms with van der Waals surface area (Å²) in [6.07, 6.45) is 0. The van der Waals surface area contributed by atoms with E-state index < -0.39 is 0 Å². The summed E-state index contributed by atoms with van der Waals surface area (Å²) in [7, 11) is 3.16. The van der Waals surface area contributed by atoms with Gasteiger partial charge in [0.15, 0.2) is 0 Å². The van der Waals surface area contributed by atoms with Gasteiger partial charge in [-0.15, -0.1) is 0 Å². The van der Waals surface area contributed by atoms with Crippen molar-refractivity contribution in [2.45, 2.75) is 6.92 Å². The molecule has 0 aliphatic carbocycles. The molecule has 0 spiro atoms. The summed E-state index contributed by atoms with van der Waals surface area (Å²) in [4.78, 5) is 28.8. The normalized spacial score (nSPS) is 11.8. The average Bonchev–Trinajstić information content (AvgIpc) is 2.36. The number of pyridine rings is 1. The lowest BCUT2D eigenvalue weighted by Gasteiger charge is -2.21. The van der Waals surface area contributed by atoms with Crippen LogP contribution in [0.5, 0.6) is 0 Å². The molecule has 1 rings (SSSR count). The second-order valence-electron chi connectivity index (χ2n) is 4.17. The van der Waals surface area contributed by atoms with E-state index in [4.69, 9.17) is 23.2 Å². The summed E-state index contributed by atoms with van der Waals surface area (Å²) in [6.45, 7) is 2.03. The summed E-state index contributed by atoms with van der Waals surface area (Å²) >= 11 is 11.5. The number of aromatic nitrogens is 1. The molecule has 1 aromatic heterocycles. The molecule has 0 saturated heterocycles. The van der Waals surface area contributed by atoms with Gasteiger partial charge in [0, 0.05) is 20.6 Å². The Bertz CT molecular complexity index is 494. The number of amides is 2. The highest BCUT2D eigenvalue weighted by Crippen LogP contribution is 2.18. The third-order valence-corrected chi connectivity index (χ3v) is 3.13. The van der Waals surface area contributed by atoms with Gasteiger partial charge in [-0.05, 0) is 12.1 Å². The maximum atomic E-state index is 12.1. The van der Waals surface area contributed by atoms with Gasteiger partial charge >= 0.3 is 0 Å². The number of hydrogen-bond acceptors (Lipinski definition) is 3. The first-order valence-corrected chi connectivity index (χ1v) is 6.41. The van der Waals surface area contributed by atoms with Crippen molar-refractivity contribution in [3.05, 3.63) is 28.0 Å². The van der Waals surface area contributed by atoms with Gasteiger partial charge in [0.2, 0.25) is 5.91 Å². The van der Waals surface area contributed by atoms with Crippen LogP contribution in [0.3, 0.4) is 0 Å². The lowest BCUT2D eigenvalue weighted by Crippen LogP contribution is -2.37. The Morgan fingerprint density at radius 2 is 2.05 bits per heavy atom. The summed E-state index contributed by atoms with van der Waals surface area (Å²) < 4.78 is 0. The Morgan fingerprint density at radius 3 is 2.58 bits per heavy atom. The number of nitrogens with one attached hydrogen (secondary N) is 1. The highest BCUT2D eigenvalue weighted by molar-refractivity contribution is 6.34. The Labute approximate surface area is 121 Å². The van der Waals surface area contributed by atoms with Crippen molar-refractivity contribution in [3.8, 4) is 0 Å². The Morgan fingerprint density at radius 1 is 1.42 bits per heavy atom. The summed E-state index contributed by atoms with van der Waals surface area (Å²) in [6, 6.07) is 3.01. The van der Waals surface area contributed by atoms with Crippen molar-refractivity contribution < 1.29 is 9.59 Å². The third-order valence-electron chi connectivity index (χ3n) is 2.63. The molecular weight excluding hydrogens is 289 g/mol. The molecule has 7 heteroatoms. The Hall–Kier alpha value is -1.33. The predicted octanol–water partition coefficient (Wildman–Crippen LogP) is 1.84. The van der Waals surface area contributed by atoms with Gasteiger partial charge in [-0.25, -0.2) is 4.98 Å². The van der Waals surface area contributed by atoms with Crippen LogP contribution >= 0.6 is 23.2 Å². The van der Waals surface area contributed by atoms with Gasteiger partial charge in [0.25, 0.3) is 5.91 Å². The number of hydrogen-bond donors (Lipinski definition) is 1. The predicted molar refractivity (Wildman–Crippen MR) is 74.4 cm³/mol. The maximum Gasteiger partial charge on any atom is 0.256 e. The molecule has 1 aromatic rings. The zero-order valence-electron chi connectivity index (χ0n) is 10.9. The summed E-state index contributed by atoms with van der Waals surface area (Å²) in [5.74, 6) is -0.733. The fourth-order valence-electron chi connectivity index (χ4n) is 1.60. The molecular formula is C12H15Cl2N3O2. The molecule has 0 aromatic carbocycles. The van der Waals surface area contributed by atoms with Crippen molar-refractivity contribution in [1.82, 2.24) is 15.2 Å².